The van der Waals surface area contributed by atoms with E-state index < -0.39 is 67.2 Å². The van der Waals surface area contributed by atoms with Crippen molar-refractivity contribution >= 4 is 47.1 Å². The minimum Gasteiger partial charge on any atom is -0.459 e. The molecule has 5 aromatic rings. The fourth-order valence-electron chi connectivity index (χ4n) is 6.33. The molecule has 2 aliphatic rings. The number of rotatable bonds is 10. The first-order chi connectivity index (χ1) is 27.5. The van der Waals surface area contributed by atoms with Gasteiger partial charge >= 0.3 is 18.0 Å². The lowest BCUT2D eigenvalue weighted by molar-refractivity contribution is -0.185. The third-order valence-electron chi connectivity index (χ3n) is 8.98. The Morgan fingerprint density at radius 1 is 0.860 bits per heavy atom. The Kier molecular flexibility index (Phi) is 11.0. The van der Waals surface area contributed by atoms with Crippen molar-refractivity contribution < 1.29 is 52.0 Å². The quantitative estimate of drug-likeness (QED) is 0.116. The van der Waals surface area contributed by atoms with Crippen molar-refractivity contribution in [3.63, 3.8) is 0 Å². The fraction of sp³-hybridized carbons (Fsp3) is 0.200. The molecule has 0 bridgehead atoms. The minimum absolute atomic E-state index is 0.0138. The molecule has 0 radical (unpaired) electrons. The van der Waals surface area contributed by atoms with Crippen LogP contribution < -0.4 is 15.5 Å². The average molecular weight is 781 g/mol. The maximum atomic E-state index is 15.4. The number of nitrogens with zero attached hydrogens (tertiary/aromatic N) is 4. The second kappa shape index (κ2) is 16.4. The number of imidazole rings is 1. The summed E-state index contributed by atoms with van der Waals surface area (Å²) in [5, 5.41) is 17.2. The van der Waals surface area contributed by atoms with Crippen LogP contribution in [-0.4, -0.2) is 75.4 Å². The standard InChI is InChI=1S/C40H34F2N6O9/c1-24(49)44-38-45-32-30(33(46-38)57-39(52)48(27-18-10-4-11-19-27)28-20-12-5-13-21-28)43-23-47(32)37-40(53,36(41)42)31(56-35(51)26-16-8-3-9-17-26)29(55-37)22-54-34(50)25-14-6-2-7-15-25/h2-21,23,29,31,33,36-37,53H,22H2,1H3,(H2,44,45,46,49)/t29-,31-,33?,37-,40+/m1/s1. The number of alkyl halides is 2. The van der Waals surface area contributed by atoms with E-state index in [0.717, 1.165) is 10.9 Å². The third kappa shape index (κ3) is 7.91. The minimum atomic E-state index is -3.64. The van der Waals surface area contributed by atoms with Gasteiger partial charge in [0.1, 0.15) is 24.2 Å². The SMILES string of the molecule is CC(=O)NC1=NC(OC(=O)N(c2ccccc2)c2ccccc2)c2ncn([C@@H]3O[C@H](COC(=O)c4ccccc4)[C@@H](OC(=O)c4ccccc4)[C@]3(O)C(F)F)c2N1. The maximum absolute atomic E-state index is 15.4. The van der Waals surface area contributed by atoms with Gasteiger partial charge < -0.3 is 29.4 Å². The number of carbonyl (C=O) groups excluding carboxylic acids is 4. The molecule has 0 aliphatic carbocycles. The predicted octanol–water partition coefficient (Wildman–Crippen LogP) is 5.75. The average Bonchev–Trinajstić information content (AvgIpc) is 3.76. The van der Waals surface area contributed by atoms with Crippen molar-refractivity contribution in [2.75, 3.05) is 16.8 Å². The van der Waals surface area contributed by atoms with Gasteiger partial charge in [-0.15, -0.1) is 0 Å². The highest BCUT2D eigenvalue weighted by Gasteiger charge is 2.65. The van der Waals surface area contributed by atoms with Crippen molar-refractivity contribution in [3.05, 3.63) is 144 Å². The smallest absolute Gasteiger partial charge is 0.421 e. The number of aromatic nitrogens is 2. The van der Waals surface area contributed by atoms with Crippen LogP contribution in [0.5, 0.6) is 0 Å². The van der Waals surface area contributed by atoms with Crippen molar-refractivity contribution in [1.82, 2.24) is 14.9 Å². The molecule has 3 N–H and O–H groups in total. The van der Waals surface area contributed by atoms with Crippen LogP contribution in [-0.2, 0) is 23.7 Å². The van der Waals surface area contributed by atoms with E-state index in [1.165, 1.54) is 48.2 Å². The molecule has 1 fully saturated rings. The summed E-state index contributed by atoms with van der Waals surface area (Å²) < 4.78 is 54.7. The number of guanidine groups is 1. The first kappa shape index (κ1) is 38.3. The number of carbonyl (C=O) groups is 4. The highest BCUT2D eigenvalue weighted by atomic mass is 19.3. The van der Waals surface area contributed by atoms with Crippen LogP contribution in [0.4, 0.5) is 30.8 Å². The number of ether oxygens (including phenoxy) is 4. The van der Waals surface area contributed by atoms with Gasteiger partial charge in [0, 0.05) is 6.92 Å². The number of anilines is 3. The van der Waals surface area contributed by atoms with E-state index in [-0.39, 0.29) is 28.6 Å². The van der Waals surface area contributed by atoms with Crippen molar-refractivity contribution in [3.8, 4) is 0 Å². The molecule has 1 unspecified atom stereocenters. The van der Waals surface area contributed by atoms with Crippen LogP contribution in [0.3, 0.4) is 0 Å². The van der Waals surface area contributed by atoms with Crippen molar-refractivity contribution in [1.29, 1.82) is 0 Å². The molecule has 0 spiro atoms. The molecular formula is C40H34F2N6O9. The summed E-state index contributed by atoms with van der Waals surface area (Å²) >= 11 is 0. The van der Waals surface area contributed by atoms with E-state index in [9.17, 15) is 24.3 Å². The topological polar surface area (TPSA) is 183 Å². The lowest BCUT2D eigenvalue weighted by atomic mass is 9.94. The molecule has 0 saturated carbocycles. The monoisotopic (exact) mass is 780 g/mol. The van der Waals surface area contributed by atoms with Crippen LogP contribution in [0.1, 0.15) is 45.8 Å². The van der Waals surface area contributed by atoms with Crippen molar-refractivity contribution in [2.45, 2.75) is 43.6 Å². The lowest BCUT2D eigenvalue weighted by Gasteiger charge is -2.34. The number of hydrogen-bond donors (Lipinski definition) is 3. The van der Waals surface area contributed by atoms with E-state index in [0.29, 0.717) is 11.4 Å². The van der Waals surface area contributed by atoms with E-state index in [1.54, 1.807) is 84.9 Å². The molecule has 2 amide bonds. The molecule has 5 atom stereocenters. The van der Waals surface area contributed by atoms with Gasteiger partial charge in [0.15, 0.2) is 12.3 Å². The molecule has 17 heteroatoms. The summed E-state index contributed by atoms with van der Waals surface area (Å²) in [6.07, 6.45) is -11.0. The number of fused-ring (bicyclic) bond motifs is 1. The van der Waals surface area contributed by atoms with Crippen LogP contribution >= 0.6 is 0 Å². The Bertz CT molecular complexity index is 2230. The highest BCUT2D eigenvalue weighted by Crippen LogP contribution is 2.47. The number of amides is 2. The molecule has 1 aromatic heterocycles. The zero-order valence-electron chi connectivity index (χ0n) is 30.0. The van der Waals surface area contributed by atoms with Crippen LogP contribution in [0, 0.1) is 0 Å². The molecule has 1 saturated heterocycles. The number of hydrogen-bond acceptors (Lipinski definition) is 12. The Morgan fingerprint density at radius 3 is 1.95 bits per heavy atom. The molecular weight excluding hydrogens is 746 g/mol. The van der Waals surface area contributed by atoms with Crippen LogP contribution in [0.25, 0.3) is 0 Å². The van der Waals surface area contributed by atoms with E-state index in [1.807, 2.05) is 0 Å². The van der Waals surface area contributed by atoms with Gasteiger partial charge in [-0.3, -0.25) is 14.7 Å². The van der Waals surface area contributed by atoms with Gasteiger partial charge in [0.25, 0.3) is 6.43 Å². The first-order valence-corrected chi connectivity index (χ1v) is 17.5. The number of benzene rings is 4. The maximum Gasteiger partial charge on any atom is 0.421 e. The number of para-hydroxylation sites is 2. The summed E-state index contributed by atoms with van der Waals surface area (Å²) in [6, 6.07) is 32.4. The van der Waals surface area contributed by atoms with Gasteiger partial charge in [0.05, 0.1) is 28.8 Å². The van der Waals surface area contributed by atoms with Crippen LogP contribution in [0.15, 0.2) is 133 Å². The Hall–Kier alpha value is -6.98. The van der Waals surface area contributed by atoms with Crippen molar-refractivity contribution in [2.24, 2.45) is 4.99 Å². The molecule has 15 nitrogen and oxygen atoms in total. The largest absolute Gasteiger partial charge is 0.459 e. The van der Waals surface area contributed by atoms with Gasteiger partial charge in [-0.1, -0.05) is 72.8 Å². The van der Waals surface area contributed by atoms with Gasteiger partial charge in [-0.05, 0) is 48.5 Å². The summed E-state index contributed by atoms with van der Waals surface area (Å²) in [4.78, 5) is 62.3. The van der Waals surface area contributed by atoms with Gasteiger partial charge in [-0.2, -0.15) is 0 Å². The Balaban J connectivity index is 1.25. The zero-order chi connectivity index (χ0) is 40.1. The molecule has 292 valence electrons. The van der Waals surface area contributed by atoms with E-state index in [2.05, 4.69) is 20.6 Å². The van der Waals surface area contributed by atoms with Crippen LogP contribution in [0.2, 0.25) is 0 Å². The number of halogens is 2. The fourth-order valence-corrected chi connectivity index (χ4v) is 6.33. The molecule has 4 aromatic carbocycles. The third-order valence-corrected chi connectivity index (χ3v) is 8.98. The number of esters is 2. The highest BCUT2D eigenvalue weighted by molar-refractivity contribution is 6.04. The number of aliphatic imine (C=N–C) groups is 1. The normalized spacial score (nSPS) is 21.0. The lowest BCUT2D eigenvalue weighted by Crippen LogP contribution is -2.54. The Morgan fingerprint density at radius 2 is 1.40 bits per heavy atom. The second-order valence-electron chi connectivity index (χ2n) is 12.8. The number of nitrogens with one attached hydrogen (secondary N) is 2. The molecule has 2 aliphatic heterocycles. The van der Waals surface area contributed by atoms with E-state index >= 15 is 8.78 Å². The van der Waals surface area contributed by atoms with Gasteiger partial charge in [-0.25, -0.2) is 38.0 Å². The summed E-state index contributed by atoms with van der Waals surface area (Å²) in [5.74, 6) is -2.94. The first-order valence-electron chi connectivity index (χ1n) is 17.5. The zero-order valence-corrected chi connectivity index (χ0v) is 30.0. The summed E-state index contributed by atoms with van der Waals surface area (Å²) in [5.41, 5.74) is -2.43. The summed E-state index contributed by atoms with van der Waals surface area (Å²) in [6.45, 7) is 0.456. The second-order valence-corrected chi connectivity index (χ2v) is 12.8. The Labute approximate surface area is 323 Å². The number of aliphatic hydroxyl groups is 1. The predicted molar refractivity (Wildman–Crippen MR) is 199 cm³/mol. The molecule has 7 rings (SSSR count). The summed E-state index contributed by atoms with van der Waals surface area (Å²) in [7, 11) is 0. The molecule has 57 heavy (non-hydrogen) atoms. The van der Waals surface area contributed by atoms with Gasteiger partial charge in [0.2, 0.25) is 23.7 Å². The molecule has 3 heterocycles. The van der Waals surface area contributed by atoms with E-state index in [4.69, 9.17) is 18.9 Å².